The maximum Gasteiger partial charge on any atom is 0.150 e. The molecule has 1 aromatic rings. The first-order valence-electron chi connectivity index (χ1n) is 7.45. The number of rotatable bonds is 9. The van der Waals surface area contributed by atoms with Crippen molar-refractivity contribution in [3.05, 3.63) is 29.3 Å². The number of nitrogens with two attached hydrogens (primary N) is 1. The predicted octanol–water partition coefficient (Wildman–Crippen LogP) is 2.23. The molecule has 0 fully saturated rings. The van der Waals surface area contributed by atoms with Crippen LogP contribution < -0.4 is 5.73 Å². The van der Waals surface area contributed by atoms with Crippen LogP contribution in [0.5, 0.6) is 0 Å². The van der Waals surface area contributed by atoms with E-state index in [4.69, 9.17) is 5.73 Å². The molecule has 120 valence electrons. The smallest absolute Gasteiger partial charge is 0.150 e. The van der Waals surface area contributed by atoms with Gasteiger partial charge in [-0.15, -0.1) is 0 Å². The van der Waals surface area contributed by atoms with Gasteiger partial charge < -0.3 is 5.73 Å². The van der Waals surface area contributed by atoms with Gasteiger partial charge in [-0.05, 0) is 44.2 Å². The third-order valence-electron chi connectivity index (χ3n) is 3.81. The molecule has 0 radical (unpaired) electrons. The SMILES string of the molecule is CCC(=O)CCC(C(C)=O)N(C)Cc1cc(N)ccc1C=O. The van der Waals surface area contributed by atoms with Crippen LogP contribution in [0.15, 0.2) is 18.2 Å². The normalized spacial score (nSPS) is 12.2. The number of Topliss-reactive ketones (excluding diaryl/α,β-unsaturated/α-hetero) is 2. The summed E-state index contributed by atoms with van der Waals surface area (Å²) in [6, 6.07) is 4.76. The molecule has 0 heterocycles. The molecule has 0 saturated carbocycles. The van der Waals surface area contributed by atoms with E-state index in [0.717, 1.165) is 11.8 Å². The van der Waals surface area contributed by atoms with Gasteiger partial charge in [-0.1, -0.05) is 6.92 Å². The summed E-state index contributed by atoms with van der Waals surface area (Å²) in [7, 11) is 1.82. The number of carbonyl (C=O) groups excluding carboxylic acids is 3. The number of nitrogens with zero attached hydrogens (tertiary/aromatic N) is 1. The lowest BCUT2D eigenvalue weighted by atomic mass is 10.0. The van der Waals surface area contributed by atoms with Gasteiger partial charge in [0.2, 0.25) is 0 Å². The summed E-state index contributed by atoms with van der Waals surface area (Å²) in [4.78, 5) is 36.3. The van der Waals surface area contributed by atoms with Gasteiger partial charge in [-0.2, -0.15) is 0 Å². The van der Waals surface area contributed by atoms with Crippen LogP contribution in [0.1, 0.15) is 49.0 Å². The highest BCUT2D eigenvalue weighted by Crippen LogP contribution is 2.17. The second kappa shape index (κ2) is 8.44. The van der Waals surface area contributed by atoms with Crippen LogP contribution in [-0.2, 0) is 16.1 Å². The fraction of sp³-hybridized carbons (Fsp3) is 0.471. The molecular weight excluding hydrogens is 280 g/mol. The molecular formula is C17H24N2O3. The Labute approximate surface area is 131 Å². The van der Waals surface area contributed by atoms with E-state index in [1.54, 1.807) is 18.2 Å². The highest BCUT2D eigenvalue weighted by atomic mass is 16.1. The summed E-state index contributed by atoms with van der Waals surface area (Å²) in [5.41, 5.74) is 7.69. The van der Waals surface area contributed by atoms with Gasteiger partial charge in [0.15, 0.2) is 0 Å². The first-order valence-corrected chi connectivity index (χ1v) is 7.45. The summed E-state index contributed by atoms with van der Waals surface area (Å²) in [6.45, 7) is 3.78. The van der Waals surface area contributed by atoms with Gasteiger partial charge in [-0.3, -0.25) is 19.3 Å². The van der Waals surface area contributed by atoms with Crippen LogP contribution in [0.2, 0.25) is 0 Å². The van der Waals surface area contributed by atoms with Gasteiger partial charge in [0.25, 0.3) is 0 Å². The number of carbonyl (C=O) groups is 3. The van der Waals surface area contributed by atoms with Gasteiger partial charge in [0, 0.05) is 30.6 Å². The Morgan fingerprint density at radius 2 is 2.05 bits per heavy atom. The van der Waals surface area contributed by atoms with E-state index < -0.39 is 0 Å². The molecule has 1 atom stereocenters. The molecule has 5 nitrogen and oxygen atoms in total. The molecule has 0 aromatic heterocycles. The minimum absolute atomic E-state index is 0.0166. The molecule has 0 amide bonds. The van der Waals surface area contributed by atoms with Crippen molar-refractivity contribution in [3.63, 3.8) is 0 Å². The second-order valence-electron chi connectivity index (χ2n) is 5.55. The van der Waals surface area contributed by atoms with Crippen molar-refractivity contribution in [2.75, 3.05) is 12.8 Å². The molecule has 0 spiro atoms. The maximum absolute atomic E-state index is 11.9. The monoisotopic (exact) mass is 304 g/mol. The average molecular weight is 304 g/mol. The summed E-state index contributed by atoms with van der Waals surface area (Å²) in [6.07, 6.45) is 2.16. The minimum Gasteiger partial charge on any atom is -0.399 e. The van der Waals surface area contributed by atoms with Crippen molar-refractivity contribution in [2.24, 2.45) is 0 Å². The molecule has 0 bridgehead atoms. The topological polar surface area (TPSA) is 80.5 Å². The van der Waals surface area contributed by atoms with Gasteiger partial charge >= 0.3 is 0 Å². The number of ketones is 2. The molecule has 2 N–H and O–H groups in total. The van der Waals surface area contributed by atoms with Crippen molar-refractivity contribution in [1.82, 2.24) is 4.90 Å². The zero-order valence-corrected chi connectivity index (χ0v) is 13.5. The van der Waals surface area contributed by atoms with E-state index in [1.807, 2.05) is 18.9 Å². The third kappa shape index (κ3) is 5.07. The van der Waals surface area contributed by atoms with Gasteiger partial charge in [-0.25, -0.2) is 0 Å². The molecule has 0 aliphatic rings. The van der Waals surface area contributed by atoms with Crippen LogP contribution in [0, 0.1) is 0 Å². The summed E-state index contributed by atoms with van der Waals surface area (Å²) < 4.78 is 0. The summed E-state index contributed by atoms with van der Waals surface area (Å²) in [5.74, 6) is 0.167. The first-order chi connectivity index (χ1) is 10.4. The van der Waals surface area contributed by atoms with Crippen molar-refractivity contribution in [2.45, 2.75) is 45.7 Å². The number of aldehydes is 1. The molecule has 1 rings (SSSR count). The lowest BCUT2D eigenvalue weighted by Crippen LogP contribution is -2.37. The first kappa shape index (κ1) is 18.0. The Morgan fingerprint density at radius 3 is 2.59 bits per heavy atom. The standard InChI is InChI=1S/C17H24N2O3/c1-4-16(22)7-8-17(12(2)21)19(3)10-14-9-15(18)6-5-13(14)11-20/h5-6,9,11,17H,4,7-8,10,18H2,1-3H3. The number of hydrogen-bond donors (Lipinski definition) is 1. The Kier molecular flexibility index (Phi) is 6.92. The highest BCUT2D eigenvalue weighted by molar-refractivity contribution is 5.83. The molecule has 5 heteroatoms. The van der Waals surface area contributed by atoms with Crippen LogP contribution >= 0.6 is 0 Å². The van der Waals surface area contributed by atoms with Crippen molar-refractivity contribution < 1.29 is 14.4 Å². The lowest BCUT2D eigenvalue weighted by Gasteiger charge is -2.26. The molecule has 0 aliphatic carbocycles. The molecule has 22 heavy (non-hydrogen) atoms. The van der Waals surface area contributed by atoms with E-state index in [9.17, 15) is 14.4 Å². The minimum atomic E-state index is -0.337. The Hall–Kier alpha value is -2.01. The third-order valence-corrected chi connectivity index (χ3v) is 3.81. The fourth-order valence-corrected chi connectivity index (χ4v) is 2.46. The fourth-order valence-electron chi connectivity index (χ4n) is 2.46. The zero-order valence-electron chi connectivity index (χ0n) is 13.5. The van der Waals surface area contributed by atoms with Gasteiger partial charge in [0.05, 0.1) is 6.04 Å². The second-order valence-corrected chi connectivity index (χ2v) is 5.55. The zero-order chi connectivity index (χ0) is 16.7. The van der Waals surface area contributed by atoms with Crippen molar-refractivity contribution in [3.8, 4) is 0 Å². The van der Waals surface area contributed by atoms with Crippen molar-refractivity contribution in [1.29, 1.82) is 0 Å². The predicted molar refractivity (Wildman–Crippen MR) is 86.7 cm³/mol. The Bertz CT molecular complexity index is 555. The van der Waals surface area contributed by atoms with E-state index in [0.29, 0.717) is 37.1 Å². The van der Waals surface area contributed by atoms with Crippen molar-refractivity contribution >= 4 is 23.5 Å². The maximum atomic E-state index is 11.9. The number of benzene rings is 1. The number of nitrogen functional groups attached to an aromatic ring is 1. The molecule has 1 unspecified atom stereocenters. The lowest BCUT2D eigenvalue weighted by molar-refractivity contribution is -0.123. The van der Waals surface area contributed by atoms with E-state index in [1.165, 1.54) is 6.92 Å². The van der Waals surface area contributed by atoms with Crippen LogP contribution in [0.4, 0.5) is 5.69 Å². The number of hydrogen-bond acceptors (Lipinski definition) is 5. The largest absolute Gasteiger partial charge is 0.399 e. The molecule has 0 aliphatic heterocycles. The molecule has 1 aromatic carbocycles. The van der Waals surface area contributed by atoms with Crippen LogP contribution in [0.3, 0.4) is 0 Å². The highest BCUT2D eigenvalue weighted by Gasteiger charge is 2.21. The Morgan fingerprint density at radius 1 is 1.36 bits per heavy atom. The van der Waals surface area contributed by atoms with E-state index >= 15 is 0 Å². The average Bonchev–Trinajstić information content (AvgIpc) is 2.47. The number of anilines is 1. The van der Waals surface area contributed by atoms with Crippen LogP contribution in [-0.4, -0.2) is 35.8 Å². The quantitative estimate of drug-likeness (QED) is 0.559. The summed E-state index contributed by atoms with van der Waals surface area (Å²) >= 11 is 0. The number of likely N-dealkylation sites (N-methyl/N-ethyl adjacent to an activating group) is 1. The Balaban J connectivity index is 2.85. The van der Waals surface area contributed by atoms with Gasteiger partial charge in [0.1, 0.15) is 17.9 Å². The summed E-state index contributed by atoms with van der Waals surface area (Å²) in [5, 5.41) is 0. The van der Waals surface area contributed by atoms with E-state index in [-0.39, 0.29) is 17.6 Å². The van der Waals surface area contributed by atoms with Crippen LogP contribution in [0.25, 0.3) is 0 Å². The van der Waals surface area contributed by atoms with E-state index in [2.05, 4.69) is 0 Å². The molecule has 0 saturated heterocycles.